The molecule has 1 aromatic heterocycles. The van der Waals surface area contributed by atoms with E-state index in [1.165, 1.54) is 4.90 Å². The summed E-state index contributed by atoms with van der Waals surface area (Å²) in [5, 5.41) is 8.07. The second kappa shape index (κ2) is 11.4. The number of hydrogen-bond acceptors (Lipinski definition) is 4. The van der Waals surface area contributed by atoms with E-state index >= 15 is 0 Å². The number of benzene rings is 1. The van der Waals surface area contributed by atoms with E-state index in [0.29, 0.717) is 18.1 Å². The van der Waals surface area contributed by atoms with Gasteiger partial charge in [-0.15, -0.1) is 24.8 Å². The third-order valence-electron chi connectivity index (χ3n) is 4.82. The Morgan fingerprint density at radius 1 is 1.34 bits per heavy atom. The van der Waals surface area contributed by atoms with Crippen molar-refractivity contribution in [3.8, 4) is 0 Å². The van der Waals surface area contributed by atoms with Crippen molar-refractivity contribution in [1.82, 2.24) is 24.9 Å². The Hall–Kier alpha value is -1.80. The predicted octanol–water partition coefficient (Wildman–Crippen LogP) is 2.57. The topological polar surface area (TPSA) is 70.5 Å². The number of aromatic nitrogens is 2. The van der Waals surface area contributed by atoms with Gasteiger partial charge in [0.2, 0.25) is 11.8 Å². The third kappa shape index (κ3) is 6.09. The average molecular weight is 463 g/mol. The van der Waals surface area contributed by atoms with Crippen molar-refractivity contribution in [2.24, 2.45) is 0 Å². The molecule has 0 saturated carbocycles. The van der Waals surface area contributed by atoms with Gasteiger partial charge in [0.05, 0.1) is 12.6 Å². The lowest BCUT2D eigenvalue weighted by molar-refractivity contribution is -0.143. The molecule has 1 aliphatic rings. The smallest absolute Gasteiger partial charge is 0.247 e. The first kappa shape index (κ1) is 25.2. The number of carbonyl (C=O) groups is 2. The highest BCUT2D eigenvalue weighted by Gasteiger charge is 2.30. The van der Waals surface area contributed by atoms with Crippen LogP contribution in [0.1, 0.15) is 24.6 Å². The van der Waals surface area contributed by atoms with Gasteiger partial charge in [0.1, 0.15) is 6.04 Å². The molecule has 1 N–H and O–H groups in total. The van der Waals surface area contributed by atoms with Crippen molar-refractivity contribution in [2.45, 2.75) is 19.0 Å². The molecule has 1 aromatic carbocycles. The van der Waals surface area contributed by atoms with Crippen LogP contribution in [0.4, 0.5) is 0 Å². The molecule has 7 nitrogen and oxygen atoms in total. The fourth-order valence-electron chi connectivity index (χ4n) is 3.33. The largest absolute Gasteiger partial charge is 0.335 e. The number of carbonyl (C=O) groups excluding carboxylic acids is 2. The number of rotatable bonds is 5. The van der Waals surface area contributed by atoms with Crippen molar-refractivity contribution in [3.63, 3.8) is 0 Å². The zero-order chi connectivity index (χ0) is 19.4. The summed E-state index contributed by atoms with van der Waals surface area (Å²) < 4.78 is 1.59. The number of nitrogens with one attached hydrogen (secondary N) is 1. The molecular formula is C19H26Cl3N5O2. The SMILES string of the molecule is CC(C(=O)N(C)CC(=O)N1CCNCC1c1cccc(Cl)c1)n1cccn1.Cl.Cl. The summed E-state index contributed by atoms with van der Waals surface area (Å²) in [6, 6.07) is 8.77. The van der Waals surface area contributed by atoms with Gasteiger partial charge < -0.3 is 15.1 Å². The Kier molecular flexibility index (Phi) is 9.92. The molecule has 3 rings (SSSR count). The van der Waals surface area contributed by atoms with Crippen LogP contribution in [-0.2, 0) is 9.59 Å². The summed E-state index contributed by atoms with van der Waals surface area (Å²) in [6.07, 6.45) is 3.37. The summed E-state index contributed by atoms with van der Waals surface area (Å²) in [4.78, 5) is 28.8. The lowest BCUT2D eigenvalue weighted by Gasteiger charge is -2.37. The van der Waals surface area contributed by atoms with Crippen molar-refractivity contribution < 1.29 is 9.59 Å². The van der Waals surface area contributed by atoms with E-state index < -0.39 is 6.04 Å². The standard InChI is InChI=1S/C19H24ClN5O2.2ClH/c1-14(25-9-4-7-22-25)19(27)23(2)13-18(26)24-10-8-21-12-17(24)15-5-3-6-16(20)11-15;;/h3-7,9,11,14,17,21H,8,10,12-13H2,1-2H3;2*1H. The minimum absolute atomic E-state index is 0. The number of piperazine rings is 1. The molecule has 2 atom stereocenters. The molecular weight excluding hydrogens is 437 g/mol. The van der Waals surface area contributed by atoms with E-state index in [0.717, 1.165) is 12.1 Å². The first-order chi connectivity index (χ1) is 13.0. The molecule has 2 aromatic rings. The molecule has 0 aliphatic carbocycles. The molecule has 1 aliphatic heterocycles. The molecule has 1 fully saturated rings. The molecule has 2 amide bonds. The van der Waals surface area contributed by atoms with Crippen LogP contribution in [0.25, 0.3) is 0 Å². The quantitative estimate of drug-likeness (QED) is 0.741. The summed E-state index contributed by atoms with van der Waals surface area (Å²) in [5.74, 6) is -0.230. The molecule has 160 valence electrons. The Balaban J connectivity index is 0.00000210. The van der Waals surface area contributed by atoms with E-state index in [1.807, 2.05) is 29.2 Å². The number of nitrogens with zero attached hydrogens (tertiary/aromatic N) is 4. The van der Waals surface area contributed by atoms with Crippen LogP contribution >= 0.6 is 36.4 Å². The van der Waals surface area contributed by atoms with Gasteiger partial charge in [0.25, 0.3) is 0 Å². The van der Waals surface area contributed by atoms with Crippen molar-refractivity contribution in [2.75, 3.05) is 33.2 Å². The molecule has 0 radical (unpaired) electrons. The van der Waals surface area contributed by atoms with E-state index in [9.17, 15) is 9.59 Å². The average Bonchev–Trinajstić information content (AvgIpc) is 3.21. The Morgan fingerprint density at radius 3 is 2.76 bits per heavy atom. The lowest BCUT2D eigenvalue weighted by Crippen LogP contribution is -2.52. The molecule has 2 unspecified atom stereocenters. The van der Waals surface area contributed by atoms with Gasteiger partial charge in [0, 0.05) is 44.1 Å². The highest BCUT2D eigenvalue weighted by atomic mass is 35.5. The lowest BCUT2D eigenvalue weighted by atomic mass is 10.0. The van der Waals surface area contributed by atoms with Gasteiger partial charge in [-0.2, -0.15) is 5.10 Å². The van der Waals surface area contributed by atoms with Crippen molar-refractivity contribution in [3.05, 3.63) is 53.3 Å². The van der Waals surface area contributed by atoms with Crippen LogP contribution in [0.15, 0.2) is 42.7 Å². The van der Waals surface area contributed by atoms with E-state index in [1.54, 1.807) is 37.1 Å². The van der Waals surface area contributed by atoms with Gasteiger partial charge in [-0.05, 0) is 30.7 Å². The first-order valence-corrected chi connectivity index (χ1v) is 9.35. The fourth-order valence-corrected chi connectivity index (χ4v) is 3.53. The summed E-state index contributed by atoms with van der Waals surface area (Å²) in [7, 11) is 1.65. The van der Waals surface area contributed by atoms with Crippen LogP contribution in [0.2, 0.25) is 5.02 Å². The number of halogens is 3. The van der Waals surface area contributed by atoms with E-state index in [-0.39, 0.29) is 49.2 Å². The van der Waals surface area contributed by atoms with Crippen molar-refractivity contribution >= 4 is 48.2 Å². The maximum atomic E-state index is 12.9. The predicted molar refractivity (Wildman–Crippen MR) is 118 cm³/mol. The normalized spacial score (nSPS) is 16.9. The summed E-state index contributed by atoms with van der Waals surface area (Å²) in [6.45, 7) is 3.78. The third-order valence-corrected chi connectivity index (χ3v) is 5.06. The van der Waals surface area contributed by atoms with Gasteiger partial charge >= 0.3 is 0 Å². The van der Waals surface area contributed by atoms with Crippen LogP contribution < -0.4 is 5.32 Å². The summed E-state index contributed by atoms with van der Waals surface area (Å²) in [5.41, 5.74) is 0.988. The Bertz CT molecular complexity index is 803. The van der Waals surface area contributed by atoms with Crippen LogP contribution in [0.3, 0.4) is 0 Å². The second-order valence-corrected chi connectivity index (χ2v) is 7.15. The van der Waals surface area contributed by atoms with E-state index in [2.05, 4.69) is 10.4 Å². The van der Waals surface area contributed by atoms with Crippen LogP contribution in [-0.4, -0.2) is 64.6 Å². The molecule has 2 heterocycles. The number of likely N-dealkylation sites (N-methyl/N-ethyl adjacent to an activating group) is 1. The molecule has 0 bridgehead atoms. The highest BCUT2D eigenvalue weighted by Crippen LogP contribution is 2.25. The highest BCUT2D eigenvalue weighted by molar-refractivity contribution is 6.30. The van der Waals surface area contributed by atoms with Gasteiger partial charge in [-0.25, -0.2) is 0 Å². The first-order valence-electron chi connectivity index (χ1n) is 8.97. The Morgan fingerprint density at radius 2 is 2.10 bits per heavy atom. The Labute approximate surface area is 188 Å². The molecule has 10 heteroatoms. The number of amides is 2. The molecule has 0 spiro atoms. The fraction of sp³-hybridized carbons (Fsp3) is 0.421. The molecule has 29 heavy (non-hydrogen) atoms. The zero-order valence-corrected chi connectivity index (χ0v) is 18.7. The van der Waals surface area contributed by atoms with Crippen LogP contribution in [0, 0.1) is 0 Å². The zero-order valence-electron chi connectivity index (χ0n) is 16.3. The minimum atomic E-state index is -0.454. The minimum Gasteiger partial charge on any atom is -0.335 e. The maximum absolute atomic E-state index is 12.9. The monoisotopic (exact) mass is 461 g/mol. The molecule has 1 saturated heterocycles. The number of hydrogen-bond donors (Lipinski definition) is 1. The van der Waals surface area contributed by atoms with Gasteiger partial charge in [-0.1, -0.05) is 23.7 Å². The second-order valence-electron chi connectivity index (χ2n) is 6.72. The summed E-state index contributed by atoms with van der Waals surface area (Å²) >= 11 is 6.12. The van der Waals surface area contributed by atoms with E-state index in [4.69, 9.17) is 11.6 Å². The maximum Gasteiger partial charge on any atom is 0.247 e. The van der Waals surface area contributed by atoms with Gasteiger partial charge in [-0.3, -0.25) is 14.3 Å². The van der Waals surface area contributed by atoms with Gasteiger partial charge in [0.15, 0.2) is 0 Å². The van der Waals surface area contributed by atoms with Crippen molar-refractivity contribution in [1.29, 1.82) is 0 Å². The van der Waals surface area contributed by atoms with Crippen LogP contribution in [0.5, 0.6) is 0 Å².